The molecule has 0 aliphatic heterocycles. The van der Waals surface area contributed by atoms with Gasteiger partial charge in [0.05, 0.1) is 16.3 Å². The fourth-order valence-electron chi connectivity index (χ4n) is 2.40. The summed E-state index contributed by atoms with van der Waals surface area (Å²) in [4.78, 5) is 1.10. The molecule has 0 atom stereocenters. The van der Waals surface area contributed by atoms with Crippen LogP contribution in [0, 0.1) is 25.2 Å². The second-order valence-electron chi connectivity index (χ2n) is 4.65. The summed E-state index contributed by atoms with van der Waals surface area (Å²) in [7, 11) is 1.89. The summed E-state index contributed by atoms with van der Waals surface area (Å²) in [5.41, 5.74) is 3.65. The Morgan fingerprint density at radius 2 is 2.11 bits per heavy atom. The molecule has 0 saturated carbocycles. The largest absolute Gasteiger partial charge is 0.265 e. The van der Waals surface area contributed by atoms with Crippen LogP contribution in [0.3, 0.4) is 0 Å². The second-order valence-corrected chi connectivity index (χ2v) is 5.70. The predicted octanol–water partition coefficient (Wildman–Crippen LogP) is 3.79. The maximum Gasteiger partial charge on any atom is 0.103 e. The molecule has 2 aromatic heterocycles. The number of fused-ring (bicyclic) bond motifs is 1. The normalized spacial score (nSPS) is 10.8. The van der Waals surface area contributed by atoms with Gasteiger partial charge < -0.3 is 0 Å². The molecule has 3 rings (SSSR count). The summed E-state index contributed by atoms with van der Waals surface area (Å²) < 4.78 is 3.08. The van der Waals surface area contributed by atoms with Crippen molar-refractivity contribution in [2.45, 2.75) is 13.8 Å². The van der Waals surface area contributed by atoms with Crippen LogP contribution in [0.15, 0.2) is 24.3 Å². The molecule has 0 unspecified atom stereocenters. The first kappa shape index (κ1) is 11.9. The van der Waals surface area contributed by atoms with Crippen molar-refractivity contribution in [2.24, 2.45) is 7.05 Å². The standard InChI is InChI=1S/C15H13N3S/c1-9-5-4-6-11-7-13(19-15(9)11)14-12(8-16)10(2)17-18(14)3/h4-7H,1-3H3. The van der Waals surface area contributed by atoms with E-state index in [4.69, 9.17) is 0 Å². The maximum absolute atomic E-state index is 9.30. The fraction of sp³-hybridized carbons (Fsp3) is 0.200. The van der Waals surface area contributed by atoms with E-state index in [2.05, 4.69) is 42.4 Å². The van der Waals surface area contributed by atoms with E-state index in [1.165, 1.54) is 15.6 Å². The first-order valence-electron chi connectivity index (χ1n) is 6.05. The molecule has 1 aromatic carbocycles. The van der Waals surface area contributed by atoms with E-state index in [1.807, 2.05) is 14.0 Å². The van der Waals surface area contributed by atoms with Gasteiger partial charge in [0.1, 0.15) is 11.6 Å². The Morgan fingerprint density at radius 1 is 1.32 bits per heavy atom. The van der Waals surface area contributed by atoms with Gasteiger partial charge in [0.15, 0.2) is 0 Å². The number of aryl methyl sites for hydroxylation is 3. The summed E-state index contributed by atoms with van der Waals surface area (Å²) in [5, 5.41) is 14.9. The zero-order chi connectivity index (χ0) is 13.6. The molecular weight excluding hydrogens is 254 g/mol. The number of rotatable bonds is 1. The highest BCUT2D eigenvalue weighted by atomic mass is 32.1. The molecule has 3 nitrogen and oxygen atoms in total. The van der Waals surface area contributed by atoms with Gasteiger partial charge >= 0.3 is 0 Å². The molecule has 0 radical (unpaired) electrons. The highest BCUT2D eigenvalue weighted by molar-refractivity contribution is 7.22. The molecule has 0 saturated heterocycles. The minimum absolute atomic E-state index is 0.673. The summed E-state index contributed by atoms with van der Waals surface area (Å²) in [6, 6.07) is 10.7. The first-order chi connectivity index (χ1) is 9.11. The molecular formula is C15H13N3S. The number of thiophene rings is 1. The van der Waals surface area contributed by atoms with Crippen molar-refractivity contribution in [1.82, 2.24) is 9.78 Å². The molecule has 4 heteroatoms. The minimum Gasteiger partial charge on any atom is -0.265 e. The van der Waals surface area contributed by atoms with E-state index in [9.17, 15) is 5.26 Å². The number of aromatic nitrogens is 2. The lowest BCUT2D eigenvalue weighted by Crippen LogP contribution is -1.92. The van der Waals surface area contributed by atoms with E-state index in [0.29, 0.717) is 5.56 Å². The monoisotopic (exact) mass is 267 g/mol. The average Bonchev–Trinajstić information content (AvgIpc) is 2.90. The lowest BCUT2D eigenvalue weighted by atomic mass is 10.1. The van der Waals surface area contributed by atoms with Gasteiger partial charge in [-0.1, -0.05) is 18.2 Å². The van der Waals surface area contributed by atoms with Crippen LogP contribution in [-0.2, 0) is 7.05 Å². The molecule has 19 heavy (non-hydrogen) atoms. The van der Waals surface area contributed by atoms with Crippen molar-refractivity contribution in [2.75, 3.05) is 0 Å². The molecule has 0 spiro atoms. The molecule has 94 valence electrons. The fourth-order valence-corrected chi connectivity index (χ4v) is 3.61. The lowest BCUT2D eigenvalue weighted by Gasteiger charge is -1.97. The molecule has 0 N–H and O–H groups in total. The summed E-state index contributed by atoms with van der Waals surface area (Å²) in [5.74, 6) is 0. The van der Waals surface area contributed by atoms with Crippen molar-refractivity contribution in [3.05, 3.63) is 41.1 Å². The predicted molar refractivity (Wildman–Crippen MR) is 78.2 cm³/mol. The summed E-state index contributed by atoms with van der Waals surface area (Å²) in [6.45, 7) is 3.99. The van der Waals surface area contributed by atoms with Crippen LogP contribution in [0.5, 0.6) is 0 Å². The zero-order valence-electron chi connectivity index (χ0n) is 11.1. The summed E-state index contributed by atoms with van der Waals surface area (Å²) >= 11 is 1.72. The summed E-state index contributed by atoms with van der Waals surface area (Å²) in [6.07, 6.45) is 0. The van der Waals surface area contributed by atoms with Crippen LogP contribution in [0.1, 0.15) is 16.8 Å². The van der Waals surface area contributed by atoms with Crippen LogP contribution >= 0.6 is 11.3 Å². The molecule has 0 fully saturated rings. The van der Waals surface area contributed by atoms with Gasteiger partial charge in [0, 0.05) is 11.7 Å². The molecule has 2 heterocycles. The van der Waals surface area contributed by atoms with Crippen molar-refractivity contribution < 1.29 is 0 Å². The van der Waals surface area contributed by atoms with E-state index >= 15 is 0 Å². The minimum atomic E-state index is 0.673. The maximum atomic E-state index is 9.30. The Morgan fingerprint density at radius 3 is 2.79 bits per heavy atom. The van der Waals surface area contributed by atoms with Crippen molar-refractivity contribution in [1.29, 1.82) is 5.26 Å². The van der Waals surface area contributed by atoms with Crippen molar-refractivity contribution in [3.63, 3.8) is 0 Å². The Bertz CT molecular complexity index is 818. The van der Waals surface area contributed by atoms with Gasteiger partial charge in [-0.2, -0.15) is 10.4 Å². The van der Waals surface area contributed by atoms with Gasteiger partial charge in [-0.25, -0.2) is 0 Å². The third-order valence-electron chi connectivity index (χ3n) is 3.31. The van der Waals surface area contributed by atoms with E-state index in [0.717, 1.165) is 16.3 Å². The van der Waals surface area contributed by atoms with Gasteiger partial charge in [0.25, 0.3) is 0 Å². The molecule has 3 aromatic rings. The van der Waals surface area contributed by atoms with E-state index in [1.54, 1.807) is 16.0 Å². The number of benzene rings is 1. The van der Waals surface area contributed by atoms with Gasteiger partial charge in [0.2, 0.25) is 0 Å². The quantitative estimate of drug-likeness (QED) is 0.673. The smallest absolute Gasteiger partial charge is 0.103 e. The average molecular weight is 267 g/mol. The van der Waals surface area contributed by atoms with Gasteiger partial charge in [-0.05, 0) is 30.9 Å². The highest BCUT2D eigenvalue weighted by Gasteiger charge is 2.17. The number of hydrogen-bond donors (Lipinski definition) is 0. The van der Waals surface area contributed by atoms with E-state index in [-0.39, 0.29) is 0 Å². The van der Waals surface area contributed by atoms with Gasteiger partial charge in [-0.15, -0.1) is 11.3 Å². The second kappa shape index (κ2) is 4.22. The third-order valence-corrected chi connectivity index (χ3v) is 4.60. The first-order valence-corrected chi connectivity index (χ1v) is 6.86. The van der Waals surface area contributed by atoms with Crippen molar-refractivity contribution in [3.8, 4) is 16.6 Å². The Balaban J connectivity index is 2.32. The van der Waals surface area contributed by atoms with Crippen molar-refractivity contribution >= 4 is 21.4 Å². The number of nitriles is 1. The van der Waals surface area contributed by atoms with Crippen LogP contribution in [-0.4, -0.2) is 9.78 Å². The molecule has 0 amide bonds. The molecule has 0 aliphatic carbocycles. The Labute approximate surface area is 115 Å². The zero-order valence-corrected chi connectivity index (χ0v) is 11.9. The highest BCUT2D eigenvalue weighted by Crippen LogP contribution is 2.36. The van der Waals surface area contributed by atoms with Crippen LogP contribution in [0.4, 0.5) is 0 Å². The topological polar surface area (TPSA) is 41.6 Å². The van der Waals surface area contributed by atoms with E-state index < -0.39 is 0 Å². The van der Waals surface area contributed by atoms with Crippen LogP contribution < -0.4 is 0 Å². The Kier molecular flexibility index (Phi) is 2.65. The number of hydrogen-bond acceptors (Lipinski definition) is 3. The Hall–Kier alpha value is -2.12. The third kappa shape index (κ3) is 1.74. The van der Waals surface area contributed by atoms with Gasteiger partial charge in [-0.3, -0.25) is 4.68 Å². The lowest BCUT2D eigenvalue weighted by molar-refractivity contribution is 0.765. The van der Waals surface area contributed by atoms with Crippen LogP contribution in [0.2, 0.25) is 0 Å². The molecule has 0 bridgehead atoms. The van der Waals surface area contributed by atoms with Crippen LogP contribution in [0.25, 0.3) is 20.7 Å². The molecule has 0 aliphatic rings. The SMILES string of the molecule is Cc1nn(C)c(-c2cc3cccc(C)c3s2)c1C#N. The number of nitrogens with zero attached hydrogens (tertiary/aromatic N) is 3.